The maximum atomic E-state index is 16.2. The maximum Gasteiger partial charge on any atom is 0.264 e. The summed E-state index contributed by atoms with van der Waals surface area (Å²) in [6.07, 6.45) is 2.52. The molecule has 46 heavy (non-hydrogen) atoms. The number of carbonyl (C=O) groups excluding carboxylic acids is 3. The van der Waals surface area contributed by atoms with E-state index in [1.807, 2.05) is 31.2 Å². The number of aliphatic hydroxyl groups is 1. The molecule has 0 aliphatic carbocycles. The molecule has 1 spiro atoms. The number of hydrogen-bond acceptors (Lipinski definition) is 6. The van der Waals surface area contributed by atoms with Crippen molar-refractivity contribution >= 4 is 49.1 Å². The largest absolute Gasteiger partial charge is 0.394 e. The van der Waals surface area contributed by atoms with E-state index >= 15 is 4.11 Å². The SMILES string of the molecule is C[C@@H]1[C@@H]([Si](C)(C)F)[C@H](CC(=O)N2CCC[C@H]2CO)O[C@@]12C(=O)N(Cc1ccc(NC(=O)C3CCCNC3)cc1)c1ccc(Cl)cc12. The van der Waals surface area contributed by atoms with Gasteiger partial charge in [-0.25, -0.2) is 0 Å². The summed E-state index contributed by atoms with van der Waals surface area (Å²) >= 11 is 6.49. The van der Waals surface area contributed by atoms with E-state index in [4.69, 9.17) is 16.3 Å². The fourth-order valence-electron chi connectivity index (χ4n) is 8.22. The number of ether oxygens (including phenoxy) is 1. The fourth-order valence-corrected chi connectivity index (χ4v) is 10.9. The van der Waals surface area contributed by atoms with Gasteiger partial charge in [-0.15, -0.1) is 0 Å². The van der Waals surface area contributed by atoms with Crippen molar-refractivity contribution in [3.05, 3.63) is 58.6 Å². The van der Waals surface area contributed by atoms with Crippen LogP contribution in [0.25, 0.3) is 0 Å². The number of benzene rings is 2. The number of halogens is 2. The minimum absolute atomic E-state index is 0.00618. The average Bonchev–Trinajstić information content (AvgIpc) is 3.69. The number of anilines is 2. The summed E-state index contributed by atoms with van der Waals surface area (Å²) in [4.78, 5) is 44.2. The van der Waals surface area contributed by atoms with Gasteiger partial charge in [-0.05, 0) is 81.2 Å². The zero-order valence-electron chi connectivity index (χ0n) is 26.7. The third-order valence-electron chi connectivity index (χ3n) is 10.4. The molecule has 12 heteroatoms. The van der Waals surface area contributed by atoms with Crippen LogP contribution < -0.4 is 15.5 Å². The van der Waals surface area contributed by atoms with Crippen LogP contribution in [0.15, 0.2) is 42.5 Å². The molecule has 0 saturated carbocycles. The van der Waals surface area contributed by atoms with Crippen molar-refractivity contribution in [1.29, 1.82) is 0 Å². The van der Waals surface area contributed by atoms with Gasteiger partial charge >= 0.3 is 0 Å². The summed E-state index contributed by atoms with van der Waals surface area (Å²) in [5.74, 6) is -1.10. The van der Waals surface area contributed by atoms with E-state index in [1.54, 1.807) is 41.1 Å². The summed E-state index contributed by atoms with van der Waals surface area (Å²) < 4.78 is 22.9. The van der Waals surface area contributed by atoms with E-state index in [0.29, 0.717) is 35.1 Å². The van der Waals surface area contributed by atoms with Crippen LogP contribution in [0, 0.1) is 11.8 Å². The summed E-state index contributed by atoms with van der Waals surface area (Å²) in [5.41, 5.74) is 0.666. The number of fused-ring (bicyclic) bond motifs is 2. The Morgan fingerprint density at radius 1 is 1.17 bits per heavy atom. The zero-order valence-corrected chi connectivity index (χ0v) is 28.5. The van der Waals surface area contributed by atoms with Crippen molar-refractivity contribution in [3.8, 4) is 0 Å². The molecule has 3 saturated heterocycles. The highest BCUT2D eigenvalue weighted by Gasteiger charge is 2.67. The molecule has 3 fully saturated rings. The molecule has 9 nitrogen and oxygen atoms in total. The molecular formula is C34H44ClFN4O5Si. The molecule has 2 aromatic rings. The first-order chi connectivity index (χ1) is 21.9. The van der Waals surface area contributed by atoms with Gasteiger partial charge in [0.25, 0.3) is 5.91 Å². The smallest absolute Gasteiger partial charge is 0.264 e. The lowest BCUT2D eigenvalue weighted by molar-refractivity contribution is -0.150. The second-order valence-corrected chi connectivity index (χ2v) is 18.1. The van der Waals surface area contributed by atoms with Crippen molar-refractivity contribution in [1.82, 2.24) is 10.2 Å². The molecule has 248 valence electrons. The molecule has 6 rings (SSSR count). The van der Waals surface area contributed by atoms with Crippen LogP contribution in [0.2, 0.25) is 23.7 Å². The van der Waals surface area contributed by atoms with Gasteiger partial charge in [0.1, 0.15) is 0 Å². The lowest BCUT2D eigenvalue weighted by atomic mass is 9.82. The number of nitrogens with zero attached hydrogens (tertiary/aromatic N) is 2. The predicted molar refractivity (Wildman–Crippen MR) is 178 cm³/mol. The number of amides is 3. The standard InChI is InChI=1S/C34H44ClFN4O5Si/c1-21-31(46(2,3)36)29(17-30(42)39-15-5-7-26(39)20-41)45-34(21)27-16-24(35)10-13-28(27)40(33(34)44)19-22-8-11-25(12-9-22)38-32(43)23-6-4-14-37-18-23/h8-13,16,21,23,26,29,31,37,41H,4-7,14-15,17-20H2,1-3H3,(H,38,43)/t21-,23?,26+,29+,31-,34+/m1/s1. The quantitative estimate of drug-likeness (QED) is 0.270. The van der Waals surface area contributed by atoms with Crippen molar-refractivity contribution in [2.75, 3.05) is 36.5 Å². The number of piperidine rings is 1. The second kappa shape index (κ2) is 13.0. The highest BCUT2D eigenvalue weighted by molar-refractivity contribution is 6.72. The van der Waals surface area contributed by atoms with Crippen molar-refractivity contribution in [3.63, 3.8) is 0 Å². The molecule has 0 radical (unpaired) electrons. The second-order valence-electron chi connectivity index (χ2n) is 13.8. The molecule has 4 heterocycles. The number of rotatable bonds is 8. The molecule has 0 aromatic heterocycles. The molecule has 1 unspecified atom stereocenters. The zero-order chi connectivity index (χ0) is 32.8. The summed E-state index contributed by atoms with van der Waals surface area (Å²) in [5, 5.41) is 16.5. The van der Waals surface area contributed by atoms with Crippen LogP contribution in [-0.4, -0.2) is 74.5 Å². The van der Waals surface area contributed by atoms with Gasteiger partial charge in [0.2, 0.25) is 20.2 Å². The van der Waals surface area contributed by atoms with Gasteiger partial charge in [0, 0.05) is 40.8 Å². The Balaban J connectivity index is 1.26. The lowest BCUT2D eigenvalue weighted by Gasteiger charge is -2.31. The maximum absolute atomic E-state index is 16.2. The Bertz CT molecular complexity index is 1480. The van der Waals surface area contributed by atoms with Gasteiger partial charge in [0.15, 0.2) is 5.60 Å². The van der Waals surface area contributed by atoms with Crippen molar-refractivity contribution < 1.29 is 28.3 Å². The van der Waals surface area contributed by atoms with E-state index in [1.165, 1.54) is 0 Å². The Labute approximate surface area is 276 Å². The first-order valence-corrected chi connectivity index (χ1v) is 19.8. The minimum atomic E-state index is -3.46. The topological polar surface area (TPSA) is 111 Å². The van der Waals surface area contributed by atoms with E-state index < -0.39 is 31.6 Å². The molecule has 3 N–H and O–H groups in total. The van der Waals surface area contributed by atoms with Crippen molar-refractivity contribution in [2.45, 2.75) is 82.0 Å². The first-order valence-electron chi connectivity index (χ1n) is 16.4. The summed E-state index contributed by atoms with van der Waals surface area (Å²) in [7, 11) is -3.46. The highest BCUT2D eigenvalue weighted by Crippen LogP contribution is 2.60. The number of nitrogens with one attached hydrogen (secondary N) is 2. The Kier molecular flexibility index (Phi) is 9.34. The van der Waals surface area contributed by atoms with Gasteiger partial charge in [-0.2, -0.15) is 0 Å². The van der Waals surface area contributed by atoms with Crippen LogP contribution in [0.3, 0.4) is 0 Å². The summed E-state index contributed by atoms with van der Waals surface area (Å²) in [6.45, 7) is 7.36. The monoisotopic (exact) mass is 670 g/mol. The molecular weight excluding hydrogens is 627 g/mol. The average molecular weight is 671 g/mol. The number of hydrogen-bond donors (Lipinski definition) is 3. The molecule has 4 aliphatic heterocycles. The number of likely N-dealkylation sites (tertiary alicyclic amines) is 1. The minimum Gasteiger partial charge on any atom is -0.394 e. The van der Waals surface area contributed by atoms with Crippen molar-refractivity contribution in [2.24, 2.45) is 11.8 Å². The molecule has 2 aromatic carbocycles. The van der Waals surface area contributed by atoms with Gasteiger partial charge in [-0.1, -0.05) is 30.7 Å². The molecule has 3 amide bonds. The van der Waals surface area contributed by atoms with E-state index in [0.717, 1.165) is 37.8 Å². The Morgan fingerprint density at radius 3 is 2.61 bits per heavy atom. The van der Waals surface area contributed by atoms with E-state index in [-0.39, 0.29) is 49.3 Å². The predicted octanol–water partition coefficient (Wildman–Crippen LogP) is 4.97. The van der Waals surface area contributed by atoms with Gasteiger partial charge in [0.05, 0.1) is 43.3 Å². The lowest BCUT2D eigenvalue weighted by Crippen LogP contribution is -2.45. The molecule has 4 aliphatic rings. The van der Waals surface area contributed by atoms with Crippen LogP contribution in [0.5, 0.6) is 0 Å². The highest BCUT2D eigenvalue weighted by atomic mass is 35.5. The fraction of sp³-hybridized carbons (Fsp3) is 0.559. The van der Waals surface area contributed by atoms with Crippen LogP contribution in [0.4, 0.5) is 15.5 Å². The third-order valence-corrected chi connectivity index (χ3v) is 13.1. The molecule has 0 bridgehead atoms. The number of carbonyl (C=O) groups is 3. The van der Waals surface area contributed by atoms with Gasteiger partial charge < -0.3 is 34.4 Å². The van der Waals surface area contributed by atoms with E-state index in [2.05, 4.69) is 10.6 Å². The Hall–Kier alpha value is -2.83. The molecule has 6 atom stereocenters. The van der Waals surface area contributed by atoms with Gasteiger partial charge in [-0.3, -0.25) is 14.4 Å². The number of aliphatic hydroxyl groups excluding tert-OH is 1. The van der Waals surface area contributed by atoms with E-state index in [9.17, 15) is 19.5 Å². The first kappa shape index (κ1) is 33.1. The normalized spacial score (nSPS) is 29.4. The third kappa shape index (κ3) is 6.01. The van der Waals surface area contributed by atoms with Crippen LogP contribution in [-0.2, 0) is 31.3 Å². The Morgan fingerprint density at radius 2 is 1.93 bits per heavy atom. The summed E-state index contributed by atoms with van der Waals surface area (Å²) in [6, 6.07) is 12.5. The van der Waals surface area contributed by atoms with Crippen LogP contribution in [0.1, 0.15) is 50.2 Å². The van der Waals surface area contributed by atoms with Crippen LogP contribution >= 0.6 is 11.6 Å².